The smallest absolute Gasteiger partial charge is 0.249 e. The van der Waals surface area contributed by atoms with Gasteiger partial charge in [0.1, 0.15) is 6.10 Å². The standard InChI is InChI=1S/C19H28N2O5S/c1-19(2,13-22)16(24)17(25)21-11-9-15(23)20-10-6-12-27-18(26)14-7-4-3-5-8-14/h3-5,7-8,16,22,24H,6,9-13H2,1-2H3,(H,20,23)(H,21,25)/t16-/m0/s1. The van der Waals surface area contributed by atoms with Gasteiger partial charge in [-0.2, -0.15) is 0 Å². The molecule has 0 aliphatic heterocycles. The summed E-state index contributed by atoms with van der Waals surface area (Å²) in [5, 5.41) is 24.2. The zero-order valence-corrected chi connectivity index (χ0v) is 16.6. The van der Waals surface area contributed by atoms with Gasteiger partial charge in [0.25, 0.3) is 0 Å². The fourth-order valence-electron chi connectivity index (χ4n) is 2.05. The summed E-state index contributed by atoms with van der Waals surface area (Å²) in [5.74, 6) is -0.226. The summed E-state index contributed by atoms with van der Waals surface area (Å²) < 4.78 is 0. The van der Waals surface area contributed by atoms with Crippen molar-refractivity contribution in [1.29, 1.82) is 0 Å². The number of hydrogen-bond donors (Lipinski definition) is 4. The highest BCUT2D eigenvalue weighted by Gasteiger charge is 2.32. The van der Waals surface area contributed by atoms with Crippen LogP contribution in [0.4, 0.5) is 0 Å². The van der Waals surface area contributed by atoms with E-state index in [1.165, 1.54) is 11.8 Å². The lowest BCUT2D eigenvalue weighted by atomic mass is 9.87. The Morgan fingerprint density at radius 1 is 1.11 bits per heavy atom. The van der Waals surface area contributed by atoms with Crippen LogP contribution in [0.3, 0.4) is 0 Å². The molecule has 2 amide bonds. The molecule has 0 heterocycles. The Balaban J connectivity index is 2.12. The number of carbonyl (C=O) groups excluding carboxylic acids is 3. The number of aliphatic hydroxyl groups excluding tert-OH is 2. The van der Waals surface area contributed by atoms with Gasteiger partial charge in [-0.1, -0.05) is 55.9 Å². The molecule has 0 radical (unpaired) electrons. The Morgan fingerprint density at radius 3 is 2.41 bits per heavy atom. The number of thioether (sulfide) groups is 1. The molecule has 0 unspecified atom stereocenters. The molecule has 1 aromatic rings. The van der Waals surface area contributed by atoms with E-state index in [-0.39, 0.29) is 30.6 Å². The summed E-state index contributed by atoms with van der Waals surface area (Å²) in [5.41, 5.74) is -0.282. The van der Waals surface area contributed by atoms with E-state index in [4.69, 9.17) is 5.11 Å². The second-order valence-electron chi connectivity index (χ2n) is 6.80. The first-order chi connectivity index (χ1) is 12.8. The van der Waals surface area contributed by atoms with Gasteiger partial charge < -0.3 is 20.8 Å². The maximum Gasteiger partial charge on any atom is 0.249 e. The molecule has 1 aromatic carbocycles. The minimum absolute atomic E-state index is 0.00833. The van der Waals surface area contributed by atoms with Crippen molar-refractivity contribution in [2.75, 3.05) is 25.4 Å². The average Bonchev–Trinajstić information content (AvgIpc) is 2.67. The van der Waals surface area contributed by atoms with Gasteiger partial charge in [-0.15, -0.1) is 0 Å². The van der Waals surface area contributed by atoms with Crippen LogP contribution in [0, 0.1) is 5.41 Å². The van der Waals surface area contributed by atoms with E-state index in [1.807, 2.05) is 18.2 Å². The van der Waals surface area contributed by atoms with Gasteiger partial charge >= 0.3 is 0 Å². The van der Waals surface area contributed by atoms with Crippen molar-refractivity contribution in [3.63, 3.8) is 0 Å². The maximum atomic E-state index is 11.9. The van der Waals surface area contributed by atoms with Gasteiger partial charge in [0.2, 0.25) is 16.9 Å². The third kappa shape index (κ3) is 8.55. The number of rotatable bonds is 11. The van der Waals surface area contributed by atoms with Gasteiger partial charge in [0, 0.05) is 36.2 Å². The average molecular weight is 397 g/mol. The van der Waals surface area contributed by atoms with Gasteiger partial charge in [-0.25, -0.2) is 0 Å². The molecule has 0 bridgehead atoms. The first kappa shape index (κ1) is 23.1. The zero-order valence-electron chi connectivity index (χ0n) is 15.7. The molecular weight excluding hydrogens is 368 g/mol. The molecule has 1 atom stereocenters. The van der Waals surface area contributed by atoms with E-state index in [2.05, 4.69) is 10.6 Å². The number of nitrogens with one attached hydrogen (secondary N) is 2. The molecular formula is C19H28N2O5S. The minimum Gasteiger partial charge on any atom is -0.396 e. The first-order valence-electron chi connectivity index (χ1n) is 8.83. The molecule has 27 heavy (non-hydrogen) atoms. The third-order valence-corrected chi connectivity index (χ3v) is 4.92. The highest BCUT2D eigenvalue weighted by atomic mass is 32.2. The van der Waals surface area contributed by atoms with Crippen molar-refractivity contribution >= 4 is 28.7 Å². The lowest BCUT2D eigenvalue weighted by Gasteiger charge is -2.27. The Kier molecular flexibility index (Phi) is 10.1. The lowest BCUT2D eigenvalue weighted by Crippen LogP contribution is -2.46. The second-order valence-corrected chi connectivity index (χ2v) is 7.86. The molecule has 0 saturated heterocycles. The van der Waals surface area contributed by atoms with Crippen LogP contribution in [-0.2, 0) is 9.59 Å². The normalized spacial score (nSPS) is 12.3. The molecule has 0 fully saturated rings. The lowest BCUT2D eigenvalue weighted by molar-refractivity contribution is -0.137. The van der Waals surface area contributed by atoms with Crippen molar-refractivity contribution in [2.24, 2.45) is 5.41 Å². The summed E-state index contributed by atoms with van der Waals surface area (Å²) in [6, 6.07) is 9.02. The number of carbonyl (C=O) groups is 3. The Hall–Kier alpha value is -1.90. The summed E-state index contributed by atoms with van der Waals surface area (Å²) in [6.45, 7) is 3.37. The highest BCUT2D eigenvalue weighted by Crippen LogP contribution is 2.19. The molecule has 8 heteroatoms. The Bertz CT molecular complexity index is 622. The fourth-order valence-corrected chi connectivity index (χ4v) is 2.82. The minimum atomic E-state index is -1.34. The van der Waals surface area contributed by atoms with E-state index in [9.17, 15) is 19.5 Å². The third-order valence-electron chi connectivity index (χ3n) is 3.93. The number of hydrogen-bond acceptors (Lipinski definition) is 6. The van der Waals surface area contributed by atoms with Crippen LogP contribution < -0.4 is 10.6 Å². The van der Waals surface area contributed by atoms with Crippen molar-refractivity contribution < 1.29 is 24.6 Å². The molecule has 150 valence electrons. The Morgan fingerprint density at radius 2 is 1.78 bits per heavy atom. The zero-order chi connectivity index (χ0) is 20.3. The topological polar surface area (TPSA) is 116 Å². The van der Waals surface area contributed by atoms with Crippen LogP contribution in [0.5, 0.6) is 0 Å². The van der Waals surface area contributed by atoms with E-state index < -0.39 is 17.4 Å². The van der Waals surface area contributed by atoms with Gasteiger partial charge in [0.15, 0.2) is 0 Å². The molecule has 0 saturated carbocycles. The van der Waals surface area contributed by atoms with Crippen LogP contribution in [0.15, 0.2) is 30.3 Å². The molecule has 0 aliphatic rings. The molecule has 7 nitrogen and oxygen atoms in total. The second kappa shape index (κ2) is 11.7. The Labute approximate surface area is 163 Å². The van der Waals surface area contributed by atoms with Gasteiger partial charge in [0.05, 0.1) is 6.61 Å². The van der Waals surface area contributed by atoms with E-state index in [1.54, 1.807) is 26.0 Å². The van der Waals surface area contributed by atoms with E-state index >= 15 is 0 Å². The van der Waals surface area contributed by atoms with Gasteiger partial charge in [-0.3, -0.25) is 14.4 Å². The predicted molar refractivity (Wildman–Crippen MR) is 105 cm³/mol. The first-order valence-corrected chi connectivity index (χ1v) is 9.82. The summed E-state index contributed by atoms with van der Waals surface area (Å²) >= 11 is 1.22. The summed E-state index contributed by atoms with van der Waals surface area (Å²) in [7, 11) is 0. The number of aliphatic hydroxyl groups is 2. The molecule has 0 aliphatic carbocycles. The van der Waals surface area contributed by atoms with Crippen LogP contribution in [-0.4, -0.2) is 58.7 Å². The van der Waals surface area contributed by atoms with Crippen molar-refractivity contribution in [1.82, 2.24) is 10.6 Å². The van der Waals surface area contributed by atoms with Crippen LogP contribution in [0.2, 0.25) is 0 Å². The highest BCUT2D eigenvalue weighted by molar-refractivity contribution is 8.14. The van der Waals surface area contributed by atoms with Crippen molar-refractivity contribution in [3.8, 4) is 0 Å². The monoisotopic (exact) mass is 396 g/mol. The van der Waals surface area contributed by atoms with Gasteiger partial charge in [-0.05, 0) is 6.42 Å². The summed E-state index contributed by atoms with van der Waals surface area (Å²) in [6.07, 6.45) is -0.594. The summed E-state index contributed by atoms with van der Waals surface area (Å²) in [4.78, 5) is 35.4. The molecule has 1 rings (SSSR count). The quantitative estimate of drug-likeness (QED) is 0.414. The molecule has 0 aromatic heterocycles. The molecule has 4 N–H and O–H groups in total. The largest absolute Gasteiger partial charge is 0.396 e. The van der Waals surface area contributed by atoms with Crippen molar-refractivity contribution in [2.45, 2.75) is 32.8 Å². The maximum absolute atomic E-state index is 11.9. The molecule has 0 spiro atoms. The number of benzene rings is 1. The predicted octanol–water partition coefficient (Wildman–Crippen LogP) is 0.952. The van der Waals surface area contributed by atoms with Crippen LogP contribution >= 0.6 is 11.8 Å². The SMILES string of the molecule is CC(C)(CO)[C@@H](O)C(=O)NCCC(=O)NCCCSC(=O)c1ccccc1. The van der Waals surface area contributed by atoms with Crippen LogP contribution in [0.25, 0.3) is 0 Å². The number of amides is 2. The van der Waals surface area contributed by atoms with Crippen molar-refractivity contribution in [3.05, 3.63) is 35.9 Å². The van der Waals surface area contributed by atoms with E-state index in [0.717, 1.165) is 0 Å². The fraction of sp³-hybridized carbons (Fsp3) is 0.526. The van der Waals surface area contributed by atoms with E-state index in [0.29, 0.717) is 24.3 Å². The van der Waals surface area contributed by atoms with Crippen LogP contribution in [0.1, 0.15) is 37.0 Å².